The first-order valence-corrected chi connectivity index (χ1v) is 11.3. The summed E-state index contributed by atoms with van der Waals surface area (Å²) in [7, 11) is -4.06. The highest BCUT2D eigenvalue weighted by Gasteiger charge is 2.30. The predicted molar refractivity (Wildman–Crippen MR) is 117 cm³/mol. The molecule has 4 rings (SSSR count). The highest BCUT2D eigenvalue weighted by molar-refractivity contribution is 7.91. The summed E-state index contributed by atoms with van der Waals surface area (Å²) in [6, 6.07) is 20.8. The molecule has 0 spiro atoms. The Morgan fingerprint density at radius 3 is 2.29 bits per heavy atom. The van der Waals surface area contributed by atoms with E-state index in [9.17, 15) is 12.8 Å². The van der Waals surface area contributed by atoms with Crippen molar-refractivity contribution in [2.24, 2.45) is 0 Å². The molecule has 1 aromatic heterocycles. The fourth-order valence-corrected chi connectivity index (χ4v) is 4.47. The topological polar surface area (TPSA) is 72.2 Å². The summed E-state index contributed by atoms with van der Waals surface area (Å²) in [6.07, 6.45) is 0. The second-order valence-corrected chi connectivity index (χ2v) is 9.17. The van der Waals surface area contributed by atoms with Gasteiger partial charge in [-0.05, 0) is 48.9 Å². The lowest BCUT2D eigenvalue weighted by atomic mass is 10.1. The number of rotatable bonds is 6. The van der Waals surface area contributed by atoms with Crippen LogP contribution < -0.4 is 5.32 Å². The predicted octanol–water partition coefficient (Wildman–Crippen LogP) is 6.14. The molecule has 8 heteroatoms. The maximum absolute atomic E-state index is 14.3. The van der Waals surface area contributed by atoms with Gasteiger partial charge >= 0.3 is 0 Å². The molecular formula is C23H18ClFN2O3S. The summed E-state index contributed by atoms with van der Waals surface area (Å²) in [5.74, 6) is -0.764. The monoisotopic (exact) mass is 456 g/mol. The molecule has 1 N–H and O–H groups in total. The molecule has 5 nitrogen and oxygen atoms in total. The minimum absolute atomic E-state index is 0.000646. The first-order chi connectivity index (χ1) is 14.9. The van der Waals surface area contributed by atoms with Crippen LogP contribution in [0.4, 0.5) is 10.3 Å². The Morgan fingerprint density at radius 1 is 0.968 bits per heavy atom. The Morgan fingerprint density at radius 2 is 1.61 bits per heavy atom. The van der Waals surface area contributed by atoms with Crippen molar-refractivity contribution in [3.63, 3.8) is 0 Å². The molecule has 0 aliphatic carbocycles. The van der Waals surface area contributed by atoms with Crippen molar-refractivity contribution in [1.29, 1.82) is 0 Å². The summed E-state index contributed by atoms with van der Waals surface area (Å²) in [6.45, 7) is 1.86. The molecule has 1 atom stereocenters. The first-order valence-electron chi connectivity index (χ1n) is 9.44. The molecule has 0 radical (unpaired) electrons. The molecule has 31 heavy (non-hydrogen) atoms. The number of benzene rings is 3. The fourth-order valence-electron chi connectivity index (χ4n) is 3.08. The van der Waals surface area contributed by atoms with Crippen LogP contribution in [-0.2, 0) is 9.84 Å². The number of sulfone groups is 1. The van der Waals surface area contributed by atoms with Gasteiger partial charge in [0.2, 0.25) is 26.6 Å². The second-order valence-electron chi connectivity index (χ2n) is 6.87. The van der Waals surface area contributed by atoms with Gasteiger partial charge in [-0.25, -0.2) is 12.8 Å². The average Bonchev–Trinajstić information content (AvgIpc) is 3.19. The van der Waals surface area contributed by atoms with Crippen LogP contribution in [0.2, 0.25) is 5.02 Å². The molecule has 0 bridgehead atoms. The zero-order chi connectivity index (χ0) is 22.0. The Labute approximate surface area is 184 Å². The van der Waals surface area contributed by atoms with Gasteiger partial charge in [-0.2, -0.15) is 4.98 Å². The number of halogens is 2. The molecule has 0 fully saturated rings. The largest absolute Gasteiger partial charge is 0.419 e. The number of oxazole rings is 1. The van der Waals surface area contributed by atoms with Crippen molar-refractivity contribution in [3.8, 4) is 11.5 Å². The van der Waals surface area contributed by atoms with E-state index in [1.54, 1.807) is 6.07 Å². The number of hydrogen-bond donors (Lipinski definition) is 1. The number of anilines is 1. The number of hydrogen-bond acceptors (Lipinski definition) is 5. The van der Waals surface area contributed by atoms with Crippen LogP contribution in [0.25, 0.3) is 11.5 Å². The Balaban J connectivity index is 1.82. The summed E-state index contributed by atoms with van der Waals surface area (Å²) >= 11 is 5.89. The van der Waals surface area contributed by atoms with Crippen molar-refractivity contribution < 1.29 is 17.2 Å². The van der Waals surface area contributed by atoms with Gasteiger partial charge in [-0.15, -0.1) is 0 Å². The Kier molecular flexibility index (Phi) is 5.80. The van der Waals surface area contributed by atoms with Crippen LogP contribution in [0.5, 0.6) is 0 Å². The minimum atomic E-state index is -4.06. The van der Waals surface area contributed by atoms with Gasteiger partial charge in [0.05, 0.1) is 16.5 Å². The normalized spacial score (nSPS) is 12.5. The highest BCUT2D eigenvalue weighted by Crippen LogP contribution is 2.35. The molecule has 0 saturated carbocycles. The smallest absolute Gasteiger partial charge is 0.234 e. The van der Waals surface area contributed by atoms with Gasteiger partial charge in [-0.1, -0.05) is 54.1 Å². The second kappa shape index (κ2) is 8.53. The molecule has 1 unspecified atom stereocenters. The van der Waals surface area contributed by atoms with Crippen molar-refractivity contribution in [3.05, 3.63) is 95.3 Å². The van der Waals surface area contributed by atoms with E-state index in [1.807, 2.05) is 37.3 Å². The van der Waals surface area contributed by atoms with Gasteiger partial charge < -0.3 is 9.73 Å². The lowest BCUT2D eigenvalue weighted by Crippen LogP contribution is -2.10. The van der Waals surface area contributed by atoms with Crippen molar-refractivity contribution in [2.45, 2.75) is 22.9 Å². The van der Waals surface area contributed by atoms with Crippen molar-refractivity contribution in [2.75, 3.05) is 5.32 Å². The summed E-state index contributed by atoms with van der Waals surface area (Å²) in [4.78, 5) is 4.17. The van der Waals surface area contributed by atoms with Gasteiger partial charge in [-0.3, -0.25) is 0 Å². The molecule has 0 aliphatic heterocycles. The third-order valence-corrected chi connectivity index (χ3v) is 6.66. The van der Waals surface area contributed by atoms with Crippen LogP contribution >= 0.6 is 11.6 Å². The zero-order valence-electron chi connectivity index (χ0n) is 16.4. The molecule has 0 saturated heterocycles. The zero-order valence-corrected chi connectivity index (χ0v) is 18.0. The molecule has 1 heterocycles. The van der Waals surface area contributed by atoms with Gasteiger partial charge in [0.25, 0.3) is 0 Å². The van der Waals surface area contributed by atoms with Crippen LogP contribution in [0, 0.1) is 5.82 Å². The molecule has 0 amide bonds. The number of aromatic nitrogens is 1. The standard InChI is InChI=1S/C23H18ClFN2O3S/c1-15(16-7-3-2-4-8-16)26-22-23(31(28,29)18-13-11-17(24)12-14-18)27-21(30-22)19-9-5-6-10-20(19)25/h2-15,26H,1H3. The molecule has 0 aliphatic rings. The third kappa shape index (κ3) is 4.33. The first kappa shape index (κ1) is 21.1. The summed E-state index contributed by atoms with van der Waals surface area (Å²) < 4.78 is 46.7. The van der Waals surface area contributed by atoms with Crippen LogP contribution in [0.3, 0.4) is 0 Å². The van der Waals surface area contributed by atoms with E-state index >= 15 is 0 Å². The maximum Gasteiger partial charge on any atom is 0.234 e. The van der Waals surface area contributed by atoms with E-state index in [0.29, 0.717) is 5.02 Å². The summed E-state index contributed by atoms with van der Waals surface area (Å²) in [5.41, 5.74) is 0.983. The average molecular weight is 457 g/mol. The molecular weight excluding hydrogens is 439 g/mol. The number of nitrogens with zero attached hydrogens (tertiary/aromatic N) is 1. The molecule has 158 valence electrons. The molecule has 3 aromatic carbocycles. The highest BCUT2D eigenvalue weighted by atomic mass is 35.5. The number of nitrogens with one attached hydrogen (secondary N) is 1. The minimum Gasteiger partial charge on any atom is -0.419 e. The van der Waals surface area contributed by atoms with Crippen molar-refractivity contribution in [1.82, 2.24) is 4.98 Å². The Bertz CT molecular complexity index is 1310. The van der Waals surface area contributed by atoms with E-state index in [-0.39, 0.29) is 33.3 Å². The Hall–Kier alpha value is -3.16. The van der Waals surface area contributed by atoms with Crippen LogP contribution in [0.1, 0.15) is 18.5 Å². The van der Waals surface area contributed by atoms with E-state index in [2.05, 4.69) is 10.3 Å². The van der Waals surface area contributed by atoms with Crippen molar-refractivity contribution >= 4 is 27.3 Å². The maximum atomic E-state index is 14.3. The third-order valence-electron chi connectivity index (χ3n) is 4.73. The van der Waals surface area contributed by atoms with E-state index in [1.165, 1.54) is 42.5 Å². The lowest BCUT2D eigenvalue weighted by molar-refractivity contribution is 0.561. The summed E-state index contributed by atoms with van der Waals surface area (Å²) in [5, 5.41) is 3.15. The van der Waals surface area contributed by atoms with Gasteiger partial charge in [0.15, 0.2) is 0 Å². The van der Waals surface area contributed by atoms with E-state index in [4.69, 9.17) is 16.0 Å². The van der Waals surface area contributed by atoms with E-state index in [0.717, 1.165) is 5.56 Å². The van der Waals surface area contributed by atoms with Gasteiger partial charge in [0.1, 0.15) is 5.82 Å². The fraction of sp³-hybridized carbons (Fsp3) is 0.0870. The van der Waals surface area contributed by atoms with Crippen LogP contribution in [-0.4, -0.2) is 13.4 Å². The lowest BCUT2D eigenvalue weighted by Gasteiger charge is -2.14. The SMILES string of the molecule is CC(Nc1oc(-c2ccccc2F)nc1S(=O)(=O)c1ccc(Cl)cc1)c1ccccc1. The van der Waals surface area contributed by atoms with E-state index < -0.39 is 15.7 Å². The quantitative estimate of drug-likeness (QED) is 0.377. The van der Waals surface area contributed by atoms with Crippen LogP contribution in [0.15, 0.2) is 93.2 Å². The van der Waals surface area contributed by atoms with Gasteiger partial charge in [0, 0.05) is 5.02 Å². The molecule has 4 aromatic rings.